The first-order valence-corrected chi connectivity index (χ1v) is 10.7. The quantitative estimate of drug-likeness (QED) is 0.357. The Labute approximate surface area is 185 Å². The van der Waals surface area contributed by atoms with Crippen molar-refractivity contribution in [3.05, 3.63) is 60.2 Å². The second-order valence-electron chi connectivity index (χ2n) is 6.80. The summed E-state index contributed by atoms with van der Waals surface area (Å²) in [5.41, 5.74) is 2.88. The molecule has 3 aromatic rings. The number of nitrogens with zero attached hydrogens (tertiary/aromatic N) is 4. The number of thioether (sulfide) groups is 1. The van der Waals surface area contributed by atoms with Crippen LogP contribution in [0.1, 0.15) is 11.1 Å². The molecular formula is C22H26N4O4S. The molecule has 8 nitrogen and oxygen atoms in total. The van der Waals surface area contributed by atoms with Crippen molar-refractivity contribution >= 4 is 11.8 Å². The van der Waals surface area contributed by atoms with Crippen LogP contribution in [0.15, 0.2) is 54.2 Å². The van der Waals surface area contributed by atoms with Gasteiger partial charge in [-0.2, -0.15) is 4.68 Å². The van der Waals surface area contributed by atoms with E-state index in [0.717, 1.165) is 23.2 Å². The second-order valence-corrected chi connectivity index (χ2v) is 7.79. The fraction of sp³-hybridized carbons (Fsp3) is 0.318. The van der Waals surface area contributed by atoms with Crippen LogP contribution in [0.4, 0.5) is 0 Å². The number of aryl methyl sites for hydroxylation is 1. The predicted molar refractivity (Wildman–Crippen MR) is 120 cm³/mol. The molecule has 0 spiro atoms. The summed E-state index contributed by atoms with van der Waals surface area (Å²) in [5, 5.41) is 22.9. The van der Waals surface area contributed by atoms with Gasteiger partial charge in [0.25, 0.3) is 0 Å². The zero-order chi connectivity index (χ0) is 22.2. The van der Waals surface area contributed by atoms with Crippen molar-refractivity contribution in [1.82, 2.24) is 20.2 Å². The molecule has 0 aliphatic heterocycles. The molecule has 0 bridgehead atoms. The molecular weight excluding hydrogens is 416 g/mol. The van der Waals surface area contributed by atoms with Gasteiger partial charge in [0, 0.05) is 5.75 Å². The number of benzene rings is 2. The minimum atomic E-state index is -0.730. The van der Waals surface area contributed by atoms with Crippen molar-refractivity contribution in [3.63, 3.8) is 0 Å². The van der Waals surface area contributed by atoms with Gasteiger partial charge in [0.1, 0.15) is 18.0 Å². The standard InChI is InChI=1S/C22H26N4O4S/c1-5-6-16-8-10-20(21(12-16)29-4)30-13-17(27)14-31-22-23-24-25-26(22)18-11-15(2)7-9-19(18)28-3/h5,7-12,17,27H,1,6,13-14H2,2-4H3/t17-/m1/s1. The Morgan fingerprint density at radius 1 is 1.13 bits per heavy atom. The van der Waals surface area contributed by atoms with E-state index in [1.54, 1.807) is 18.9 Å². The molecule has 0 radical (unpaired) electrons. The summed E-state index contributed by atoms with van der Waals surface area (Å²) in [5.74, 6) is 2.21. The molecule has 3 rings (SSSR count). The molecule has 2 aromatic carbocycles. The molecule has 1 aromatic heterocycles. The molecule has 0 amide bonds. The van der Waals surface area contributed by atoms with Crippen molar-refractivity contribution in [3.8, 4) is 22.9 Å². The first kappa shape index (κ1) is 22.6. The van der Waals surface area contributed by atoms with Crippen LogP contribution in [0, 0.1) is 6.92 Å². The molecule has 0 saturated carbocycles. The number of hydrogen-bond donors (Lipinski definition) is 1. The fourth-order valence-corrected chi connectivity index (χ4v) is 3.70. The Balaban J connectivity index is 1.62. The number of ether oxygens (including phenoxy) is 3. The van der Waals surface area contributed by atoms with E-state index in [1.165, 1.54) is 11.8 Å². The van der Waals surface area contributed by atoms with Gasteiger partial charge in [-0.1, -0.05) is 30.0 Å². The monoisotopic (exact) mass is 442 g/mol. The van der Waals surface area contributed by atoms with Gasteiger partial charge < -0.3 is 19.3 Å². The van der Waals surface area contributed by atoms with Crippen LogP contribution in [0.3, 0.4) is 0 Å². The summed E-state index contributed by atoms with van der Waals surface area (Å²) >= 11 is 1.33. The van der Waals surface area contributed by atoms with E-state index in [0.29, 0.717) is 28.2 Å². The van der Waals surface area contributed by atoms with Crippen molar-refractivity contribution in [2.24, 2.45) is 0 Å². The molecule has 0 aliphatic rings. The molecule has 0 saturated heterocycles. The summed E-state index contributed by atoms with van der Waals surface area (Å²) in [6.07, 6.45) is 1.85. The van der Waals surface area contributed by atoms with Gasteiger partial charge >= 0.3 is 0 Å². The summed E-state index contributed by atoms with van der Waals surface area (Å²) in [6, 6.07) is 11.5. The lowest BCUT2D eigenvalue weighted by Gasteiger charge is -2.15. The Morgan fingerprint density at radius 3 is 2.65 bits per heavy atom. The normalized spacial score (nSPS) is 11.7. The lowest BCUT2D eigenvalue weighted by Crippen LogP contribution is -2.20. The maximum atomic E-state index is 10.4. The Bertz CT molecular complexity index is 1020. The van der Waals surface area contributed by atoms with Crippen LogP contribution >= 0.6 is 11.8 Å². The Hall–Kier alpha value is -3.04. The number of allylic oxidation sites excluding steroid dienone is 1. The van der Waals surface area contributed by atoms with E-state index in [4.69, 9.17) is 14.2 Å². The number of aromatic nitrogens is 4. The number of aliphatic hydroxyl groups excluding tert-OH is 1. The maximum Gasteiger partial charge on any atom is 0.214 e. The molecule has 1 heterocycles. The average Bonchev–Trinajstić information content (AvgIpc) is 3.25. The maximum absolute atomic E-state index is 10.4. The highest BCUT2D eigenvalue weighted by Crippen LogP contribution is 2.29. The minimum absolute atomic E-state index is 0.111. The average molecular weight is 443 g/mol. The highest BCUT2D eigenvalue weighted by atomic mass is 32.2. The predicted octanol–water partition coefficient (Wildman–Crippen LogP) is 3.25. The fourth-order valence-electron chi connectivity index (χ4n) is 2.92. The molecule has 31 heavy (non-hydrogen) atoms. The topological polar surface area (TPSA) is 91.5 Å². The number of methoxy groups -OCH3 is 2. The van der Waals surface area contributed by atoms with Crippen molar-refractivity contribution in [2.45, 2.75) is 24.6 Å². The van der Waals surface area contributed by atoms with Gasteiger partial charge in [-0.3, -0.25) is 0 Å². The molecule has 1 N–H and O–H groups in total. The third kappa shape index (κ3) is 5.77. The number of aliphatic hydroxyl groups is 1. The van der Waals surface area contributed by atoms with Crippen LogP contribution in [-0.4, -0.2) is 58.0 Å². The summed E-state index contributed by atoms with van der Waals surface area (Å²) in [4.78, 5) is 0. The lowest BCUT2D eigenvalue weighted by molar-refractivity contribution is 0.124. The minimum Gasteiger partial charge on any atom is -0.494 e. The van der Waals surface area contributed by atoms with Crippen molar-refractivity contribution < 1.29 is 19.3 Å². The first-order chi connectivity index (χ1) is 15.0. The van der Waals surface area contributed by atoms with Crippen LogP contribution < -0.4 is 14.2 Å². The van der Waals surface area contributed by atoms with Gasteiger partial charge in [0.15, 0.2) is 11.5 Å². The van der Waals surface area contributed by atoms with E-state index >= 15 is 0 Å². The molecule has 0 aliphatic carbocycles. The van der Waals surface area contributed by atoms with Gasteiger partial charge in [-0.15, -0.1) is 11.7 Å². The van der Waals surface area contributed by atoms with E-state index < -0.39 is 6.10 Å². The number of rotatable bonds is 11. The third-order valence-electron chi connectivity index (χ3n) is 4.45. The van der Waals surface area contributed by atoms with Crippen molar-refractivity contribution in [2.75, 3.05) is 26.6 Å². The van der Waals surface area contributed by atoms with E-state index in [-0.39, 0.29) is 6.61 Å². The smallest absolute Gasteiger partial charge is 0.214 e. The third-order valence-corrected chi connectivity index (χ3v) is 5.51. The number of hydrogen-bond acceptors (Lipinski definition) is 8. The molecule has 0 unspecified atom stereocenters. The van der Waals surface area contributed by atoms with Crippen LogP contribution in [-0.2, 0) is 6.42 Å². The zero-order valence-electron chi connectivity index (χ0n) is 17.8. The summed E-state index contributed by atoms with van der Waals surface area (Å²) < 4.78 is 18.2. The summed E-state index contributed by atoms with van der Waals surface area (Å²) in [7, 11) is 3.19. The van der Waals surface area contributed by atoms with Crippen LogP contribution in [0.2, 0.25) is 0 Å². The molecule has 0 fully saturated rings. The molecule has 164 valence electrons. The Morgan fingerprint density at radius 2 is 1.90 bits per heavy atom. The van der Waals surface area contributed by atoms with Crippen LogP contribution in [0.5, 0.6) is 17.2 Å². The van der Waals surface area contributed by atoms with Gasteiger partial charge in [-0.05, 0) is 59.2 Å². The SMILES string of the molecule is C=CCc1ccc(OC[C@@H](O)CSc2nnnn2-c2cc(C)ccc2OC)c(OC)c1. The van der Waals surface area contributed by atoms with E-state index in [9.17, 15) is 5.11 Å². The van der Waals surface area contributed by atoms with Gasteiger partial charge in [0.05, 0.1) is 20.3 Å². The number of tetrazole rings is 1. The zero-order valence-corrected chi connectivity index (χ0v) is 18.6. The highest BCUT2D eigenvalue weighted by molar-refractivity contribution is 7.99. The molecule has 9 heteroatoms. The largest absolute Gasteiger partial charge is 0.494 e. The van der Waals surface area contributed by atoms with E-state index in [1.807, 2.05) is 49.4 Å². The summed E-state index contributed by atoms with van der Waals surface area (Å²) in [6.45, 7) is 5.84. The first-order valence-electron chi connectivity index (χ1n) is 9.70. The van der Waals surface area contributed by atoms with Gasteiger partial charge in [0.2, 0.25) is 5.16 Å². The second kappa shape index (κ2) is 10.8. The lowest BCUT2D eigenvalue weighted by atomic mass is 10.1. The van der Waals surface area contributed by atoms with E-state index in [2.05, 4.69) is 22.1 Å². The van der Waals surface area contributed by atoms with Gasteiger partial charge in [-0.25, -0.2) is 0 Å². The highest BCUT2D eigenvalue weighted by Gasteiger charge is 2.16. The Kier molecular flexibility index (Phi) is 7.91. The van der Waals surface area contributed by atoms with Crippen molar-refractivity contribution in [1.29, 1.82) is 0 Å². The van der Waals surface area contributed by atoms with Crippen LogP contribution in [0.25, 0.3) is 5.69 Å². The molecule has 1 atom stereocenters.